The van der Waals surface area contributed by atoms with Crippen molar-refractivity contribution in [3.05, 3.63) is 24.8 Å². The fourth-order valence-corrected chi connectivity index (χ4v) is 0.723. The number of carbonyl (C=O) groups is 1. The van der Waals surface area contributed by atoms with E-state index in [1.165, 1.54) is 7.11 Å². The van der Waals surface area contributed by atoms with Crippen LogP contribution >= 0.6 is 0 Å². The molecule has 0 rings (SSSR count). The molecule has 11 heavy (non-hydrogen) atoms. The van der Waals surface area contributed by atoms with Gasteiger partial charge in [-0.3, -0.25) is 4.79 Å². The second-order valence-corrected chi connectivity index (χ2v) is 2.17. The van der Waals surface area contributed by atoms with Gasteiger partial charge in [0.05, 0.1) is 13.0 Å². The molecule has 1 atom stereocenters. The maximum atomic E-state index is 10.9. The number of hydrogen-bond acceptors (Lipinski definition) is 2. The van der Waals surface area contributed by atoms with Gasteiger partial charge in [-0.05, 0) is 13.3 Å². The molecule has 0 N–H and O–H groups in total. The minimum Gasteiger partial charge on any atom is -0.469 e. The fraction of sp³-hybridized carbons (Fsp3) is 0.444. The van der Waals surface area contributed by atoms with Crippen molar-refractivity contribution in [2.24, 2.45) is 5.92 Å². The predicted octanol–water partition coefficient (Wildman–Crippen LogP) is 1.93. The van der Waals surface area contributed by atoms with Crippen LogP contribution in [0.5, 0.6) is 0 Å². The number of ether oxygens (including phenoxy) is 1. The van der Waals surface area contributed by atoms with Gasteiger partial charge in [0.15, 0.2) is 0 Å². The number of rotatable bonds is 4. The van der Waals surface area contributed by atoms with Gasteiger partial charge >= 0.3 is 5.97 Å². The number of carbonyl (C=O) groups excluding carboxylic acids is 1. The second kappa shape index (κ2) is 5.71. The van der Waals surface area contributed by atoms with E-state index >= 15 is 0 Å². The zero-order valence-corrected chi connectivity index (χ0v) is 7.04. The molecule has 0 fully saturated rings. The summed E-state index contributed by atoms with van der Waals surface area (Å²) >= 11 is 0. The third-order valence-corrected chi connectivity index (χ3v) is 1.41. The van der Waals surface area contributed by atoms with Crippen LogP contribution < -0.4 is 0 Å². The second-order valence-electron chi connectivity index (χ2n) is 2.17. The number of methoxy groups -OCH3 is 1. The van der Waals surface area contributed by atoms with Gasteiger partial charge in [-0.15, -0.1) is 6.58 Å². The van der Waals surface area contributed by atoms with E-state index in [9.17, 15) is 4.79 Å². The summed E-state index contributed by atoms with van der Waals surface area (Å²) in [6.07, 6.45) is 6.10. The third-order valence-electron chi connectivity index (χ3n) is 1.41. The Balaban J connectivity index is 3.94. The summed E-state index contributed by atoms with van der Waals surface area (Å²) < 4.78 is 4.56. The Morgan fingerprint density at radius 3 is 2.73 bits per heavy atom. The Bertz CT molecular complexity index is 159. The molecule has 0 aromatic heterocycles. The van der Waals surface area contributed by atoms with E-state index in [2.05, 4.69) is 11.3 Å². The summed E-state index contributed by atoms with van der Waals surface area (Å²) in [6.45, 7) is 5.46. The van der Waals surface area contributed by atoms with E-state index in [0.717, 1.165) is 0 Å². The van der Waals surface area contributed by atoms with Gasteiger partial charge in [-0.25, -0.2) is 0 Å². The molecule has 0 aromatic carbocycles. The highest BCUT2D eigenvalue weighted by Crippen LogP contribution is 2.06. The van der Waals surface area contributed by atoms with Gasteiger partial charge in [0, 0.05) is 0 Å². The molecule has 0 saturated heterocycles. The molecular formula is C9H14O2. The summed E-state index contributed by atoms with van der Waals surface area (Å²) in [7, 11) is 1.38. The number of hydrogen-bond donors (Lipinski definition) is 0. The lowest BCUT2D eigenvalue weighted by Gasteiger charge is -2.05. The first-order valence-electron chi connectivity index (χ1n) is 3.57. The van der Waals surface area contributed by atoms with Crippen LogP contribution in [-0.2, 0) is 9.53 Å². The molecular weight excluding hydrogens is 140 g/mol. The monoisotopic (exact) mass is 154 g/mol. The van der Waals surface area contributed by atoms with Crippen molar-refractivity contribution in [2.45, 2.75) is 13.3 Å². The Hall–Kier alpha value is -1.05. The highest BCUT2D eigenvalue weighted by atomic mass is 16.5. The smallest absolute Gasteiger partial charge is 0.312 e. The molecule has 1 unspecified atom stereocenters. The van der Waals surface area contributed by atoms with Crippen LogP contribution in [0.4, 0.5) is 0 Å². The molecule has 62 valence electrons. The summed E-state index contributed by atoms with van der Waals surface area (Å²) in [6, 6.07) is 0. The molecule has 0 aliphatic carbocycles. The van der Waals surface area contributed by atoms with E-state index in [-0.39, 0.29) is 11.9 Å². The molecule has 0 heterocycles. The SMILES string of the molecule is C=CC(CC=CC)C(=O)OC. The Labute approximate surface area is 67.6 Å². The van der Waals surface area contributed by atoms with Gasteiger partial charge in [0.1, 0.15) is 0 Å². The lowest BCUT2D eigenvalue weighted by Crippen LogP contribution is -2.12. The molecule has 0 aromatic rings. The average Bonchev–Trinajstić information content (AvgIpc) is 2.05. The van der Waals surface area contributed by atoms with Crippen molar-refractivity contribution in [3.8, 4) is 0 Å². The van der Waals surface area contributed by atoms with Crippen LogP contribution in [0.25, 0.3) is 0 Å². The van der Waals surface area contributed by atoms with Gasteiger partial charge in [-0.2, -0.15) is 0 Å². The molecule has 2 nitrogen and oxygen atoms in total. The highest BCUT2D eigenvalue weighted by molar-refractivity contribution is 5.74. The van der Waals surface area contributed by atoms with Crippen LogP contribution in [-0.4, -0.2) is 13.1 Å². The first kappa shape index (κ1) is 9.95. The lowest BCUT2D eigenvalue weighted by molar-refractivity contribution is -0.143. The Morgan fingerprint density at radius 1 is 1.73 bits per heavy atom. The first-order chi connectivity index (χ1) is 5.26. The van der Waals surface area contributed by atoms with Gasteiger partial charge in [0.25, 0.3) is 0 Å². The van der Waals surface area contributed by atoms with Crippen molar-refractivity contribution in [3.63, 3.8) is 0 Å². The van der Waals surface area contributed by atoms with Gasteiger partial charge in [-0.1, -0.05) is 18.2 Å². The predicted molar refractivity (Wildman–Crippen MR) is 45.1 cm³/mol. The summed E-state index contributed by atoms with van der Waals surface area (Å²) in [5, 5.41) is 0. The van der Waals surface area contributed by atoms with Crippen LogP contribution in [0.1, 0.15) is 13.3 Å². The highest BCUT2D eigenvalue weighted by Gasteiger charge is 2.12. The Morgan fingerprint density at radius 2 is 2.36 bits per heavy atom. The van der Waals surface area contributed by atoms with Crippen molar-refractivity contribution in [1.82, 2.24) is 0 Å². The zero-order chi connectivity index (χ0) is 8.69. The van der Waals surface area contributed by atoms with Crippen molar-refractivity contribution >= 4 is 5.97 Å². The van der Waals surface area contributed by atoms with Crippen LogP contribution in [0.15, 0.2) is 24.8 Å². The zero-order valence-electron chi connectivity index (χ0n) is 7.04. The third kappa shape index (κ3) is 3.61. The molecule has 0 saturated carbocycles. The number of allylic oxidation sites excluding steroid dienone is 2. The minimum absolute atomic E-state index is 0.198. The van der Waals surface area contributed by atoms with E-state index in [0.29, 0.717) is 6.42 Å². The van der Waals surface area contributed by atoms with Gasteiger partial charge < -0.3 is 4.74 Å². The molecule has 0 aliphatic heterocycles. The van der Waals surface area contributed by atoms with Crippen LogP contribution in [0.3, 0.4) is 0 Å². The first-order valence-corrected chi connectivity index (χ1v) is 3.57. The molecule has 0 bridgehead atoms. The summed E-state index contributed by atoms with van der Waals surface area (Å²) in [4.78, 5) is 10.9. The van der Waals surface area contributed by atoms with Crippen molar-refractivity contribution < 1.29 is 9.53 Å². The van der Waals surface area contributed by atoms with Gasteiger partial charge in [0.2, 0.25) is 0 Å². The normalized spacial score (nSPS) is 12.9. The molecule has 0 aliphatic rings. The van der Waals surface area contributed by atoms with Crippen LogP contribution in [0.2, 0.25) is 0 Å². The van der Waals surface area contributed by atoms with Crippen molar-refractivity contribution in [1.29, 1.82) is 0 Å². The topological polar surface area (TPSA) is 26.3 Å². The lowest BCUT2D eigenvalue weighted by atomic mass is 10.1. The van der Waals surface area contributed by atoms with E-state index < -0.39 is 0 Å². The Kier molecular flexibility index (Phi) is 5.17. The minimum atomic E-state index is -0.224. The molecule has 0 radical (unpaired) electrons. The fourth-order valence-electron chi connectivity index (χ4n) is 0.723. The summed E-state index contributed by atoms with van der Waals surface area (Å²) in [5.74, 6) is -0.422. The van der Waals surface area contributed by atoms with E-state index in [1.54, 1.807) is 6.08 Å². The molecule has 0 spiro atoms. The summed E-state index contributed by atoms with van der Waals surface area (Å²) in [5.41, 5.74) is 0. The quantitative estimate of drug-likeness (QED) is 0.457. The van der Waals surface area contributed by atoms with Crippen molar-refractivity contribution in [2.75, 3.05) is 7.11 Å². The van der Waals surface area contributed by atoms with E-state index in [4.69, 9.17) is 0 Å². The average molecular weight is 154 g/mol. The molecule has 2 heteroatoms. The van der Waals surface area contributed by atoms with E-state index in [1.807, 2.05) is 19.1 Å². The maximum Gasteiger partial charge on any atom is 0.312 e. The largest absolute Gasteiger partial charge is 0.469 e. The standard InChI is InChI=1S/C9H14O2/c1-4-6-7-8(5-2)9(10)11-3/h4-6,8H,2,7H2,1,3H3. The van der Waals surface area contributed by atoms with Crippen LogP contribution in [0, 0.1) is 5.92 Å². The molecule has 0 amide bonds. The number of esters is 1. The maximum absolute atomic E-state index is 10.9.